The summed E-state index contributed by atoms with van der Waals surface area (Å²) >= 11 is 5.91. The van der Waals surface area contributed by atoms with Gasteiger partial charge in [0, 0.05) is 37.7 Å². The quantitative estimate of drug-likeness (QED) is 0.680. The standard InChI is InChI=1S/C21H30ClN3O4S/c1-2-11-23-19(26)16-24-12-14-25(15-13-24)20(27)21(9-3-4-10-21)30(28,29)18-7-5-17(22)6-8-18/h5-8H,2-4,9-16H2,1H3,(H,23,26). The summed E-state index contributed by atoms with van der Waals surface area (Å²) in [7, 11) is -3.84. The van der Waals surface area contributed by atoms with Crippen molar-refractivity contribution in [1.82, 2.24) is 15.1 Å². The van der Waals surface area contributed by atoms with Crippen LogP contribution >= 0.6 is 11.6 Å². The first-order valence-corrected chi connectivity index (χ1v) is 12.4. The molecule has 0 atom stereocenters. The molecular weight excluding hydrogens is 426 g/mol. The lowest BCUT2D eigenvalue weighted by Gasteiger charge is -2.39. The van der Waals surface area contributed by atoms with Crippen LogP contribution in [0.4, 0.5) is 0 Å². The number of nitrogens with one attached hydrogen (secondary N) is 1. The predicted molar refractivity (Wildman–Crippen MR) is 116 cm³/mol. The Morgan fingerprint density at radius 3 is 2.23 bits per heavy atom. The molecule has 7 nitrogen and oxygen atoms in total. The van der Waals surface area contributed by atoms with Gasteiger partial charge in [0.15, 0.2) is 14.6 Å². The normalized spacial score (nSPS) is 19.6. The molecule has 0 radical (unpaired) electrons. The summed E-state index contributed by atoms with van der Waals surface area (Å²) in [4.78, 5) is 29.3. The Bertz CT molecular complexity index is 859. The zero-order chi connectivity index (χ0) is 21.8. The van der Waals surface area contributed by atoms with E-state index in [0.29, 0.717) is 57.1 Å². The van der Waals surface area contributed by atoms with E-state index in [2.05, 4.69) is 5.32 Å². The number of amides is 2. The molecule has 30 heavy (non-hydrogen) atoms. The smallest absolute Gasteiger partial charge is 0.244 e. The summed E-state index contributed by atoms with van der Waals surface area (Å²) in [6.07, 6.45) is 3.01. The number of halogens is 1. The van der Waals surface area contributed by atoms with E-state index in [1.807, 2.05) is 11.8 Å². The lowest BCUT2D eigenvalue weighted by Crippen LogP contribution is -2.58. The fourth-order valence-electron chi connectivity index (χ4n) is 4.30. The molecule has 1 aliphatic heterocycles. The second-order valence-corrected chi connectivity index (χ2v) is 10.8. The number of rotatable bonds is 7. The molecule has 1 heterocycles. The second kappa shape index (κ2) is 9.66. The van der Waals surface area contributed by atoms with Crippen molar-refractivity contribution < 1.29 is 18.0 Å². The maximum atomic E-state index is 13.5. The highest BCUT2D eigenvalue weighted by Crippen LogP contribution is 2.42. The van der Waals surface area contributed by atoms with Gasteiger partial charge in [-0.05, 0) is 43.5 Å². The van der Waals surface area contributed by atoms with Gasteiger partial charge in [0.05, 0.1) is 11.4 Å². The van der Waals surface area contributed by atoms with Crippen molar-refractivity contribution >= 4 is 33.3 Å². The highest BCUT2D eigenvalue weighted by atomic mass is 35.5. The summed E-state index contributed by atoms with van der Waals surface area (Å²) < 4.78 is 25.6. The van der Waals surface area contributed by atoms with Gasteiger partial charge < -0.3 is 10.2 Å². The summed E-state index contributed by atoms with van der Waals surface area (Å²) in [5.74, 6) is -0.320. The molecule has 0 aromatic heterocycles. The fourth-order valence-corrected chi connectivity index (χ4v) is 6.56. The van der Waals surface area contributed by atoms with E-state index in [-0.39, 0.29) is 16.7 Å². The number of carbonyl (C=O) groups excluding carboxylic acids is 2. The van der Waals surface area contributed by atoms with Crippen molar-refractivity contribution in [3.05, 3.63) is 29.3 Å². The highest BCUT2D eigenvalue weighted by Gasteiger charge is 2.54. The monoisotopic (exact) mass is 455 g/mol. The number of sulfone groups is 1. The van der Waals surface area contributed by atoms with Gasteiger partial charge in [0.2, 0.25) is 11.8 Å². The van der Waals surface area contributed by atoms with E-state index in [0.717, 1.165) is 19.3 Å². The number of piperazine rings is 1. The van der Waals surface area contributed by atoms with Crippen molar-refractivity contribution in [2.24, 2.45) is 0 Å². The van der Waals surface area contributed by atoms with Crippen molar-refractivity contribution in [3.63, 3.8) is 0 Å². The lowest BCUT2D eigenvalue weighted by molar-refractivity contribution is -0.136. The molecule has 1 saturated carbocycles. The van der Waals surface area contributed by atoms with Gasteiger partial charge in [-0.1, -0.05) is 31.4 Å². The minimum atomic E-state index is -3.84. The van der Waals surface area contributed by atoms with E-state index < -0.39 is 14.6 Å². The maximum absolute atomic E-state index is 13.5. The Balaban J connectivity index is 1.71. The Kier molecular flexibility index (Phi) is 7.42. The fraction of sp³-hybridized carbons (Fsp3) is 0.619. The summed E-state index contributed by atoms with van der Waals surface area (Å²) in [5, 5.41) is 3.31. The average Bonchev–Trinajstić information content (AvgIpc) is 3.24. The Morgan fingerprint density at radius 2 is 1.67 bits per heavy atom. The maximum Gasteiger partial charge on any atom is 0.244 e. The third-order valence-corrected chi connectivity index (χ3v) is 8.79. The Hall–Kier alpha value is -1.64. The van der Waals surface area contributed by atoms with Crippen LogP contribution in [0.3, 0.4) is 0 Å². The summed E-state index contributed by atoms with van der Waals surface area (Å²) in [6, 6.07) is 6.06. The third-order valence-electron chi connectivity index (χ3n) is 6.04. The molecule has 1 N–H and O–H groups in total. The lowest BCUT2D eigenvalue weighted by atomic mass is 10.0. The highest BCUT2D eigenvalue weighted by molar-refractivity contribution is 7.93. The van der Waals surface area contributed by atoms with Crippen LogP contribution < -0.4 is 5.32 Å². The Labute approximate surface area is 183 Å². The van der Waals surface area contributed by atoms with Crippen molar-refractivity contribution in [1.29, 1.82) is 0 Å². The second-order valence-electron chi connectivity index (χ2n) is 8.08. The van der Waals surface area contributed by atoms with Gasteiger partial charge in [-0.15, -0.1) is 0 Å². The van der Waals surface area contributed by atoms with Crippen molar-refractivity contribution in [2.75, 3.05) is 39.3 Å². The van der Waals surface area contributed by atoms with Gasteiger partial charge in [-0.2, -0.15) is 0 Å². The molecule has 0 spiro atoms. The van der Waals surface area contributed by atoms with Crippen LogP contribution in [0.1, 0.15) is 39.0 Å². The minimum Gasteiger partial charge on any atom is -0.355 e. The van der Waals surface area contributed by atoms with Crippen molar-refractivity contribution in [2.45, 2.75) is 48.7 Å². The molecule has 2 fully saturated rings. The first-order valence-electron chi connectivity index (χ1n) is 10.6. The first kappa shape index (κ1) is 23.0. The molecule has 2 amide bonds. The SMILES string of the molecule is CCCNC(=O)CN1CCN(C(=O)C2(S(=O)(=O)c3ccc(Cl)cc3)CCCC2)CC1. The van der Waals surface area contributed by atoms with Gasteiger partial charge >= 0.3 is 0 Å². The number of nitrogens with zero attached hydrogens (tertiary/aromatic N) is 2. The molecule has 1 saturated heterocycles. The van der Waals surface area contributed by atoms with E-state index in [4.69, 9.17) is 11.6 Å². The van der Waals surface area contributed by atoms with Crippen LogP contribution in [0, 0.1) is 0 Å². The van der Waals surface area contributed by atoms with E-state index in [1.54, 1.807) is 17.0 Å². The zero-order valence-electron chi connectivity index (χ0n) is 17.4. The molecule has 1 aromatic rings. The molecule has 0 unspecified atom stereocenters. The van der Waals surface area contributed by atoms with E-state index in [9.17, 15) is 18.0 Å². The van der Waals surface area contributed by atoms with Crippen LogP contribution in [-0.2, 0) is 19.4 Å². The van der Waals surface area contributed by atoms with Crippen LogP contribution in [0.15, 0.2) is 29.2 Å². The van der Waals surface area contributed by atoms with Gasteiger partial charge in [0.25, 0.3) is 0 Å². The molecule has 1 aliphatic carbocycles. The minimum absolute atomic E-state index is 0.0193. The Morgan fingerprint density at radius 1 is 1.07 bits per heavy atom. The topological polar surface area (TPSA) is 86.8 Å². The van der Waals surface area contributed by atoms with Crippen LogP contribution in [0.2, 0.25) is 5.02 Å². The molecule has 3 rings (SSSR count). The molecule has 166 valence electrons. The van der Waals surface area contributed by atoms with E-state index >= 15 is 0 Å². The van der Waals surface area contributed by atoms with Crippen molar-refractivity contribution in [3.8, 4) is 0 Å². The third kappa shape index (κ3) is 4.65. The molecular formula is C21H30ClN3O4S. The molecule has 1 aromatic carbocycles. The van der Waals surface area contributed by atoms with Gasteiger partial charge in [-0.3, -0.25) is 14.5 Å². The largest absolute Gasteiger partial charge is 0.355 e. The summed E-state index contributed by atoms with van der Waals surface area (Å²) in [6.45, 7) is 4.93. The number of carbonyl (C=O) groups is 2. The van der Waals surface area contributed by atoms with E-state index in [1.165, 1.54) is 12.1 Å². The molecule has 0 bridgehead atoms. The van der Waals surface area contributed by atoms with Gasteiger partial charge in [0.1, 0.15) is 0 Å². The number of hydrogen-bond acceptors (Lipinski definition) is 5. The summed E-state index contributed by atoms with van der Waals surface area (Å²) in [5.41, 5.74) is 0. The molecule has 9 heteroatoms. The number of hydrogen-bond donors (Lipinski definition) is 1. The van der Waals surface area contributed by atoms with Gasteiger partial charge in [-0.25, -0.2) is 8.42 Å². The predicted octanol–water partition coefficient (Wildman–Crippen LogP) is 2.10. The van der Waals surface area contributed by atoms with Crippen LogP contribution in [-0.4, -0.2) is 74.0 Å². The van der Waals surface area contributed by atoms with Crippen LogP contribution in [0.25, 0.3) is 0 Å². The zero-order valence-corrected chi connectivity index (χ0v) is 19.0. The number of benzene rings is 1. The average molecular weight is 456 g/mol. The van der Waals surface area contributed by atoms with Crippen LogP contribution in [0.5, 0.6) is 0 Å². The molecule has 2 aliphatic rings. The first-order chi connectivity index (χ1) is 14.3.